The van der Waals surface area contributed by atoms with Crippen molar-refractivity contribution >= 4 is 35.7 Å². The average molecular weight is 426 g/mol. The standard InChI is InChI=1S/C24H31NO2SSi/c1-5-20(28-23(26)25-17-12-18-25)19-27-29(24(2,3)4,21-13-8-6-9-14-21)22-15-10-7-11-16-22/h5-11,13-16,20H,1,12,17-19H2,2-4H3/t20-/m1/s1. The van der Waals surface area contributed by atoms with Gasteiger partial charge in [0.15, 0.2) is 0 Å². The minimum Gasteiger partial charge on any atom is -0.406 e. The van der Waals surface area contributed by atoms with Crippen LogP contribution in [0.25, 0.3) is 0 Å². The molecule has 154 valence electrons. The fraction of sp³-hybridized carbons (Fsp3) is 0.375. The number of likely N-dealkylation sites (tertiary alicyclic amines) is 1. The van der Waals surface area contributed by atoms with E-state index in [1.54, 1.807) is 0 Å². The van der Waals surface area contributed by atoms with Crippen molar-refractivity contribution < 1.29 is 9.22 Å². The Labute approximate surface area is 180 Å². The topological polar surface area (TPSA) is 29.5 Å². The zero-order chi connectivity index (χ0) is 20.9. The second kappa shape index (κ2) is 9.33. The Morgan fingerprint density at radius 2 is 1.62 bits per heavy atom. The molecule has 1 amide bonds. The molecule has 1 fully saturated rings. The normalized spacial score (nSPS) is 15.5. The summed E-state index contributed by atoms with van der Waals surface area (Å²) in [6.45, 7) is 13.0. The van der Waals surface area contributed by atoms with Crippen LogP contribution in [-0.4, -0.2) is 43.4 Å². The molecule has 0 radical (unpaired) electrons. The van der Waals surface area contributed by atoms with Gasteiger partial charge in [0.2, 0.25) is 0 Å². The summed E-state index contributed by atoms with van der Waals surface area (Å²) in [7, 11) is -2.59. The fourth-order valence-corrected chi connectivity index (χ4v) is 9.35. The summed E-state index contributed by atoms with van der Waals surface area (Å²) in [6, 6.07) is 21.2. The van der Waals surface area contributed by atoms with Crippen LogP contribution >= 0.6 is 11.8 Å². The largest absolute Gasteiger partial charge is 0.406 e. The Morgan fingerprint density at radius 1 is 1.10 bits per heavy atom. The van der Waals surface area contributed by atoms with E-state index in [2.05, 4.69) is 75.9 Å². The van der Waals surface area contributed by atoms with Gasteiger partial charge in [-0.05, 0) is 21.8 Å². The van der Waals surface area contributed by atoms with Gasteiger partial charge in [0.05, 0.1) is 11.9 Å². The minimum atomic E-state index is -2.59. The van der Waals surface area contributed by atoms with Crippen molar-refractivity contribution in [3.8, 4) is 0 Å². The molecule has 1 heterocycles. The Kier molecular flexibility index (Phi) is 7.04. The first-order valence-electron chi connectivity index (χ1n) is 10.2. The average Bonchev–Trinajstić information content (AvgIpc) is 2.66. The van der Waals surface area contributed by atoms with E-state index >= 15 is 0 Å². The third-order valence-electron chi connectivity index (χ3n) is 5.51. The van der Waals surface area contributed by atoms with E-state index in [0.717, 1.165) is 19.5 Å². The maximum absolute atomic E-state index is 12.5. The summed E-state index contributed by atoms with van der Waals surface area (Å²) >= 11 is 1.34. The third-order valence-corrected chi connectivity index (χ3v) is 11.6. The molecule has 0 aliphatic carbocycles. The van der Waals surface area contributed by atoms with Gasteiger partial charge in [-0.25, -0.2) is 0 Å². The molecule has 0 N–H and O–H groups in total. The quantitative estimate of drug-likeness (QED) is 0.477. The molecule has 0 aromatic heterocycles. The number of nitrogens with zero attached hydrogens (tertiary/aromatic N) is 1. The molecule has 1 aliphatic rings. The highest BCUT2D eigenvalue weighted by molar-refractivity contribution is 8.14. The van der Waals surface area contributed by atoms with Crippen molar-refractivity contribution in [1.82, 2.24) is 4.90 Å². The molecule has 2 aromatic carbocycles. The van der Waals surface area contributed by atoms with Crippen LogP contribution in [0.2, 0.25) is 5.04 Å². The molecule has 0 saturated carbocycles. The molecule has 0 unspecified atom stereocenters. The molecule has 29 heavy (non-hydrogen) atoms. The number of hydrogen-bond acceptors (Lipinski definition) is 3. The zero-order valence-electron chi connectivity index (χ0n) is 17.6. The van der Waals surface area contributed by atoms with Gasteiger partial charge in [-0.15, -0.1) is 6.58 Å². The second-order valence-corrected chi connectivity index (χ2v) is 14.0. The maximum atomic E-state index is 12.5. The van der Waals surface area contributed by atoms with Crippen molar-refractivity contribution in [1.29, 1.82) is 0 Å². The van der Waals surface area contributed by atoms with Gasteiger partial charge in [-0.1, -0.05) is 99.3 Å². The number of rotatable bonds is 7. The van der Waals surface area contributed by atoms with E-state index in [0.29, 0.717) is 6.61 Å². The van der Waals surface area contributed by atoms with Gasteiger partial charge >= 0.3 is 0 Å². The first-order chi connectivity index (χ1) is 13.9. The number of carbonyl (C=O) groups is 1. The number of benzene rings is 2. The number of hydrogen-bond donors (Lipinski definition) is 0. The molecule has 1 atom stereocenters. The molecular formula is C24H31NO2SSi. The van der Waals surface area contributed by atoms with Crippen molar-refractivity contribution in [3.63, 3.8) is 0 Å². The third kappa shape index (κ3) is 4.68. The lowest BCUT2D eigenvalue weighted by atomic mass is 10.2. The Balaban J connectivity index is 1.92. The number of amides is 1. The van der Waals surface area contributed by atoms with Crippen LogP contribution in [-0.2, 0) is 4.43 Å². The van der Waals surface area contributed by atoms with Gasteiger partial charge in [-0.3, -0.25) is 4.79 Å². The van der Waals surface area contributed by atoms with Crippen molar-refractivity contribution in [3.05, 3.63) is 73.3 Å². The van der Waals surface area contributed by atoms with E-state index in [9.17, 15) is 4.79 Å². The van der Waals surface area contributed by atoms with Crippen molar-refractivity contribution in [2.75, 3.05) is 19.7 Å². The number of thioether (sulfide) groups is 1. The van der Waals surface area contributed by atoms with E-state index in [4.69, 9.17) is 4.43 Å². The van der Waals surface area contributed by atoms with E-state index in [1.165, 1.54) is 22.1 Å². The molecule has 3 nitrogen and oxygen atoms in total. The minimum absolute atomic E-state index is 0.0650. The first-order valence-corrected chi connectivity index (χ1v) is 13.0. The van der Waals surface area contributed by atoms with Gasteiger partial charge < -0.3 is 9.33 Å². The molecule has 5 heteroatoms. The van der Waals surface area contributed by atoms with E-state index in [1.807, 2.05) is 23.1 Å². The molecule has 0 bridgehead atoms. The smallest absolute Gasteiger partial charge is 0.282 e. The summed E-state index contributed by atoms with van der Waals surface area (Å²) in [5.74, 6) is 0. The van der Waals surface area contributed by atoms with Gasteiger partial charge in [0, 0.05) is 13.1 Å². The Morgan fingerprint density at radius 3 is 2.00 bits per heavy atom. The maximum Gasteiger partial charge on any atom is 0.282 e. The van der Waals surface area contributed by atoms with Crippen LogP contribution < -0.4 is 10.4 Å². The summed E-state index contributed by atoms with van der Waals surface area (Å²) < 4.78 is 6.93. The lowest BCUT2D eigenvalue weighted by Gasteiger charge is -2.43. The van der Waals surface area contributed by atoms with Crippen LogP contribution in [0.5, 0.6) is 0 Å². The van der Waals surface area contributed by atoms with E-state index < -0.39 is 8.32 Å². The van der Waals surface area contributed by atoms with Crippen LogP contribution in [0.1, 0.15) is 27.2 Å². The van der Waals surface area contributed by atoms with Gasteiger partial charge in [-0.2, -0.15) is 0 Å². The predicted molar refractivity (Wildman–Crippen MR) is 127 cm³/mol. The summed E-state index contributed by atoms with van der Waals surface area (Å²) in [6.07, 6.45) is 2.95. The molecule has 0 spiro atoms. The predicted octanol–water partition coefficient (Wildman–Crippen LogP) is 4.68. The molecule has 2 aromatic rings. The second-order valence-electron chi connectivity index (χ2n) is 8.47. The van der Waals surface area contributed by atoms with Crippen LogP contribution in [0.15, 0.2) is 73.3 Å². The molecular weight excluding hydrogens is 394 g/mol. The van der Waals surface area contributed by atoms with Crippen LogP contribution in [0.4, 0.5) is 4.79 Å². The fourth-order valence-electron chi connectivity index (χ4n) is 3.82. The van der Waals surface area contributed by atoms with Crippen LogP contribution in [0, 0.1) is 0 Å². The van der Waals surface area contributed by atoms with Gasteiger partial charge in [0.25, 0.3) is 13.6 Å². The van der Waals surface area contributed by atoms with Gasteiger partial charge in [0.1, 0.15) is 0 Å². The monoisotopic (exact) mass is 425 g/mol. The molecule has 1 saturated heterocycles. The Hall–Kier alpha value is -1.82. The summed E-state index contributed by atoms with van der Waals surface area (Å²) in [4.78, 5) is 14.3. The highest BCUT2D eigenvalue weighted by Gasteiger charge is 2.50. The molecule has 1 aliphatic heterocycles. The lowest BCUT2D eigenvalue weighted by Crippen LogP contribution is -2.67. The lowest BCUT2D eigenvalue weighted by molar-refractivity contribution is 0.192. The SMILES string of the molecule is C=C[C@H](CO[Si](c1ccccc1)(c1ccccc1)C(C)(C)C)SC(=O)N1CCC1. The highest BCUT2D eigenvalue weighted by atomic mass is 32.2. The Bertz CT molecular complexity index is 776. The highest BCUT2D eigenvalue weighted by Crippen LogP contribution is 2.37. The zero-order valence-corrected chi connectivity index (χ0v) is 19.5. The summed E-state index contributed by atoms with van der Waals surface area (Å²) in [5, 5.41) is 2.49. The molecule has 3 rings (SSSR count). The van der Waals surface area contributed by atoms with E-state index in [-0.39, 0.29) is 15.5 Å². The first kappa shape index (κ1) is 21.9. The number of carbonyl (C=O) groups excluding carboxylic acids is 1. The van der Waals surface area contributed by atoms with Crippen molar-refractivity contribution in [2.45, 2.75) is 37.5 Å². The van der Waals surface area contributed by atoms with Crippen molar-refractivity contribution in [2.24, 2.45) is 0 Å². The summed E-state index contributed by atoms with van der Waals surface area (Å²) in [5.41, 5.74) is 0. The van der Waals surface area contributed by atoms with Crippen LogP contribution in [0.3, 0.4) is 0 Å².